The molecule has 98 valence electrons. The average Bonchev–Trinajstić information content (AvgIpc) is 2.78. The van der Waals surface area contributed by atoms with Gasteiger partial charge in [0.2, 0.25) is 0 Å². The highest BCUT2D eigenvalue weighted by Gasteiger charge is 2.22. The first-order valence-corrected chi connectivity index (χ1v) is 7.91. The summed E-state index contributed by atoms with van der Waals surface area (Å²) in [7, 11) is -0.199. The molecule has 1 rings (SSSR count). The third kappa shape index (κ3) is 3.93. The molecule has 0 saturated carbocycles. The summed E-state index contributed by atoms with van der Waals surface area (Å²) in [6.07, 6.45) is 0.681. The van der Waals surface area contributed by atoms with Gasteiger partial charge in [-0.15, -0.1) is 22.9 Å². The number of halogens is 1. The number of thiophene rings is 1. The number of hydrogen-bond donors (Lipinski definition) is 0. The van der Waals surface area contributed by atoms with Gasteiger partial charge in [-0.2, -0.15) is 0 Å². The van der Waals surface area contributed by atoms with Crippen molar-refractivity contribution < 1.29 is 13.2 Å². The van der Waals surface area contributed by atoms with E-state index >= 15 is 0 Å². The number of hydrogen-bond acceptors (Lipinski definition) is 4. The molecule has 0 radical (unpaired) electrons. The van der Waals surface area contributed by atoms with Crippen LogP contribution in [0.25, 0.3) is 0 Å². The Morgan fingerprint density at radius 3 is 2.71 bits per heavy atom. The van der Waals surface area contributed by atoms with Gasteiger partial charge in [-0.1, -0.05) is 0 Å². The zero-order chi connectivity index (χ0) is 12.9. The first-order chi connectivity index (χ1) is 8.02. The molecule has 0 amide bonds. The molecular weight excluding hydrogens is 282 g/mol. The fourth-order valence-corrected chi connectivity index (χ4v) is 4.15. The first-order valence-electron chi connectivity index (χ1n) is 5.12. The van der Waals surface area contributed by atoms with E-state index in [0.29, 0.717) is 29.7 Å². The minimum atomic E-state index is -3.37. The molecule has 1 heterocycles. The highest BCUT2D eigenvalue weighted by atomic mass is 35.5. The molecule has 0 aliphatic carbocycles. The molecule has 4 nitrogen and oxygen atoms in total. The number of alkyl halides is 1. The molecule has 0 aromatic carbocycles. The number of sulfonamides is 1. The fourth-order valence-electron chi connectivity index (χ4n) is 1.27. The van der Waals surface area contributed by atoms with E-state index in [-0.39, 0.29) is 0 Å². The summed E-state index contributed by atoms with van der Waals surface area (Å²) >= 11 is 6.87. The van der Waals surface area contributed by atoms with Crippen molar-refractivity contribution in [2.45, 2.75) is 16.5 Å². The predicted octanol–water partition coefficient (Wildman–Crippen LogP) is 2.14. The number of methoxy groups -OCH3 is 1. The lowest BCUT2D eigenvalue weighted by molar-refractivity contribution is 0.189. The quantitative estimate of drug-likeness (QED) is 0.572. The smallest absolute Gasteiger partial charge is 0.252 e. The fraction of sp³-hybridized carbons (Fsp3) is 0.600. The Labute approximate surface area is 111 Å². The van der Waals surface area contributed by atoms with Crippen LogP contribution in [0.4, 0.5) is 0 Å². The first kappa shape index (κ1) is 14.9. The molecule has 0 aliphatic rings. The third-order valence-electron chi connectivity index (χ3n) is 2.25. The maximum absolute atomic E-state index is 12.1. The Kier molecular flexibility index (Phi) is 5.88. The average molecular weight is 298 g/mol. The molecule has 0 atom stereocenters. The standard InChI is InChI=1S/C10H16ClNO3S2/c1-12(6-3-7-15-2)17(13,14)10-5-4-9(8-11)16-10/h4-5H,3,6-8H2,1-2H3. The highest BCUT2D eigenvalue weighted by molar-refractivity contribution is 7.91. The second kappa shape index (κ2) is 6.70. The van der Waals surface area contributed by atoms with Crippen molar-refractivity contribution >= 4 is 33.0 Å². The number of rotatable bonds is 7. The molecule has 0 spiro atoms. The Balaban J connectivity index is 2.73. The Bertz CT molecular complexity index is 444. The molecule has 1 aromatic rings. The van der Waals surface area contributed by atoms with Crippen molar-refractivity contribution in [2.24, 2.45) is 0 Å². The van der Waals surface area contributed by atoms with Gasteiger partial charge in [0, 0.05) is 32.2 Å². The molecule has 0 unspecified atom stereocenters. The van der Waals surface area contributed by atoms with Gasteiger partial charge in [0.1, 0.15) is 4.21 Å². The summed E-state index contributed by atoms with van der Waals surface area (Å²) in [6.45, 7) is 1.00. The molecule has 17 heavy (non-hydrogen) atoms. The van der Waals surface area contributed by atoms with E-state index in [9.17, 15) is 8.42 Å². The predicted molar refractivity (Wildman–Crippen MR) is 70.2 cm³/mol. The normalized spacial score (nSPS) is 12.2. The van der Waals surface area contributed by atoms with Crippen LogP contribution in [0.15, 0.2) is 16.3 Å². The van der Waals surface area contributed by atoms with Gasteiger partial charge in [-0.25, -0.2) is 12.7 Å². The lowest BCUT2D eigenvalue weighted by atomic mass is 10.5. The monoisotopic (exact) mass is 297 g/mol. The van der Waals surface area contributed by atoms with Crippen molar-refractivity contribution in [3.05, 3.63) is 17.0 Å². The highest BCUT2D eigenvalue weighted by Crippen LogP contribution is 2.25. The van der Waals surface area contributed by atoms with E-state index in [1.165, 1.54) is 15.6 Å². The van der Waals surface area contributed by atoms with Gasteiger partial charge in [0.25, 0.3) is 10.0 Å². The van der Waals surface area contributed by atoms with Crippen molar-refractivity contribution in [1.82, 2.24) is 4.31 Å². The largest absolute Gasteiger partial charge is 0.385 e. The summed E-state index contributed by atoms with van der Waals surface area (Å²) in [6, 6.07) is 3.35. The summed E-state index contributed by atoms with van der Waals surface area (Å²) in [5.74, 6) is 0.341. The molecule has 0 saturated heterocycles. The van der Waals surface area contributed by atoms with Crippen LogP contribution in [0.3, 0.4) is 0 Å². The summed E-state index contributed by atoms with van der Waals surface area (Å²) < 4.78 is 30.8. The SMILES string of the molecule is COCCCN(C)S(=O)(=O)c1ccc(CCl)s1. The molecule has 7 heteroatoms. The molecule has 0 N–H and O–H groups in total. The molecule has 0 aliphatic heterocycles. The lowest BCUT2D eigenvalue weighted by Gasteiger charge is -2.15. The third-order valence-corrected chi connectivity index (χ3v) is 6.11. The van der Waals surface area contributed by atoms with E-state index in [1.54, 1.807) is 26.3 Å². The van der Waals surface area contributed by atoms with Gasteiger partial charge in [-0.05, 0) is 18.6 Å². The molecule has 1 aromatic heterocycles. The maximum Gasteiger partial charge on any atom is 0.252 e. The van der Waals surface area contributed by atoms with Crippen molar-refractivity contribution in [2.75, 3.05) is 27.3 Å². The Morgan fingerprint density at radius 2 is 2.18 bits per heavy atom. The minimum Gasteiger partial charge on any atom is -0.385 e. The van der Waals surface area contributed by atoms with E-state index in [4.69, 9.17) is 16.3 Å². The summed E-state index contributed by atoms with van der Waals surface area (Å²) in [5, 5.41) is 0. The van der Waals surface area contributed by atoms with Crippen molar-refractivity contribution in [3.8, 4) is 0 Å². The van der Waals surface area contributed by atoms with Gasteiger partial charge < -0.3 is 4.74 Å². The van der Waals surface area contributed by atoms with Crippen molar-refractivity contribution in [1.29, 1.82) is 0 Å². The summed E-state index contributed by atoms with van der Waals surface area (Å²) in [4.78, 5) is 0.857. The van der Waals surface area contributed by atoms with Crippen LogP contribution in [0, 0.1) is 0 Å². The number of nitrogens with zero attached hydrogens (tertiary/aromatic N) is 1. The van der Waals surface area contributed by atoms with E-state index in [2.05, 4.69) is 0 Å². The molecule has 0 bridgehead atoms. The van der Waals surface area contributed by atoms with Gasteiger partial charge >= 0.3 is 0 Å². The van der Waals surface area contributed by atoms with Crippen LogP contribution in [0.1, 0.15) is 11.3 Å². The van der Waals surface area contributed by atoms with Gasteiger partial charge in [-0.3, -0.25) is 0 Å². The number of ether oxygens (including phenoxy) is 1. The van der Waals surface area contributed by atoms with E-state index < -0.39 is 10.0 Å². The van der Waals surface area contributed by atoms with Crippen molar-refractivity contribution in [3.63, 3.8) is 0 Å². The van der Waals surface area contributed by atoms with E-state index in [1.807, 2.05) is 0 Å². The van der Waals surface area contributed by atoms with Crippen LogP contribution in [0.2, 0.25) is 0 Å². The summed E-state index contributed by atoms with van der Waals surface area (Å²) in [5.41, 5.74) is 0. The van der Waals surface area contributed by atoms with Gasteiger partial charge in [0.15, 0.2) is 0 Å². The zero-order valence-electron chi connectivity index (χ0n) is 9.85. The van der Waals surface area contributed by atoms with Crippen LogP contribution >= 0.6 is 22.9 Å². The van der Waals surface area contributed by atoms with Crippen LogP contribution in [0.5, 0.6) is 0 Å². The second-order valence-electron chi connectivity index (χ2n) is 3.53. The topological polar surface area (TPSA) is 46.6 Å². The molecule has 0 fully saturated rings. The van der Waals surface area contributed by atoms with Crippen LogP contribution in [-0.4, -0.2) is 40.0 Å². The molecular formula is C10H16ClNO3S2. The Morgan fingerprint density at radius 1 is 1.47 bits per heavy atom. The second-order valence-corrected chi connectivity index (χ2v) is 7.23. The van der Waals surface area contributed by atoms with Crippen LogP contribution < -0.4 is 0 Å². The minimum absolute atomic E-state index is 0.341. The zero-order valence-corrected chi connectivity index (χ0v) is 12.2. The van der Waals surface area contributed by atoms with E-state index in [0.717, 1.165) is 4.88 Å². The van der Waals surface area contributed by atoms with Crippen LogP contribution in [-0.2, 0) is 20.6 Å². The Hall–Kier alpha value is -0.140. The van der Waals surface area contributed by atoms with Gasteiger partial charge in [0.05, 0.1) is 5.88 Å². The maximum atomic E-state index is 12.1. The lowest BCUT2D eigenvalue weighted by Crippen LogP contribution is -2.27.